The van der Waals surface area contributed by atoms with E-state index in [0.717, 1.165) is 36.1 Å². The molecule has 0 radical (unpaired) electrons. The normalized spacial score (nSPS) is 17.9. The van der Waals surface area contributed by atoms with Crippen LogP contribution in [0.4, 0.5) is 5.69 Å². The number of nitrogens with one attached hydrogen (secondary N) is 1. The van der Waals surface area contributed by atoms with Gasteiger partial charge in [-0.3, -0.25) is 9.59 Å². The summed E-state index contributed by atoms with van der Waals surface area (Å²) in [6.07, 6.45) is 3.00. The molecule has 1 aliphatic rings. The molecule has 0 heterocycles. The lowest BCUT2D eigenvalue weighted by atomic mass is 9.79. The van der Waals surface area contributed by atoms with E-state index in [2.05, 4.69) is 5.32 Å². The Labute approximate surface area is 144 Å². The van der Waals surface area contributed by atoms with Crippen molar-refractivity contribution >= 4 is 17.5 Å². The second-order valence-electron chi connectivity index (χ2n) is 6.89. The number of hydrogen-bond donors (Lipinski definition) is 2. The molecular weight excluding hydrogens is 304 g/mol. The topological polar surface area (TPSA) is 69.6 Å². The number of nitrogens with zero attached hydrogens (tertiary/aromatic N) is 1. The average molecular weight is 332 g/mol. The summed E-state index contributed by atoms with van der Waals surface area (Å²) in [5.41, 5.74) is 1.92. The van der Waals surface area contributed by atoms with E-state index >= 15 is 0 Å². The number of para-hydroxylation sites is 1. The maximum absolute atomic E-state index is 13.2. The van der Waals surface area contributed by atoms with Crippen LogP contribution < -0.4 is 5.32 Å². The standard InChI is InChI=1S/C19H28N2O3/c1-13-9-8-10-14(2)16(13)20-18(24)19(11-6-5-7-12-19)21(4)17(23)15(3)22/h8-10,15,22H,5-7,11-12H2,1-4H3,(H,20,24). The SMILES string of the molecule is Cc1cccc(C)c1NC(=O)C1(N(C)C(=O)C(C)O)CCCCC1. The molecule has 24 heavy (non-hydrogen) atoms. The predicted octanol–water partition coefficient (Wildman–Crippen LogP) is 2.78. The van der Waals surface area contributed by atoms with Crippen LogP contribution >= 0.6 is 0 Å². The smallest absolute Gasteiger partial charge is 0.251 e. The van der Waals surface area contributed by atoms with Crippen molar-refractivity contribution in [1.82, 2.24) is 4.90 Å². The van der Waals surface area contributed by atoms with Gasteiger partial charge in [-0.25, -0.2) is 0 Å². The third-order valence-corrected chi connectivity index (χ3v) is 5.15. The van der Waals surface area contributed by atoms with Crippen molar-refractivity contribution in [3.63, 3.8) is 0 Å². The second kappa shape index (κ2) is 7.34. The zero-order valence-electron chi connectivity index (χ0n) is 15.1. The van der Waals surface area contributed by atoms with E-state index in [0.29, 0.717) is 12.8 Å². The third kappa shape index (κ3) is 3.46. The van der Waals surface area contributed by atoms with Crippen LogP contribution in [-0.2, 0) is 9.59 Å². The molecule has 1 atom stereocenters. The first-order valence-electron chi connectivity index (χ1n) is 8.63. The van der Waals surface area contributed by atoms with Gasteiger partial charge in [-0.1, -0.05) is 37.5 Å². The Morgan fingerprint density at radius 3 is 2.21 bits per heavy atom. The third-order valence-electron chi connectivity index (χ3n) is 5.15. The maximum Gasteiger partial charge on any atom is 0.251 e. The number of likely N-dealkylation sites (N-methyl/N-ethyl adjacent to an activating group) is 1. The van der Waals surface area contributed by atoms with E-state index in [1.165, 1.54) is 11.8 Å². The van der Waals surface area contributed by atoms with Crippen molar-refractivity contribution in [2.75, 3.05) is 12.4 Å². The van der Waals surface area contributed by atoms with Crippen molar-refractivity contribution < 1.29 is 14.7 Å². The summed E-state index contributed by atoms with van der Waals surface area (Å²) in [7, 11) is 1.63. The number of amides is 2. The van der Waals surface area contributed by atoms with E-state index in [4.69, 9.17) is 0 Å². The van der Waals surface area contributed by atoms with Crippen LogP contribution in [0.1, 0.15) is 50.2 Å². The summed E-state index contributed by atoms with van der Waals surface area (Å²) < 4.78 is 0. The largest absolute Gasteiger partial charge is 0.384 e. The lowest BCUT2D eigenvalue weighted by molar-refractivity contribution is -0.151. The number of aliphatic hydroxyl groups is 1. The fraction of sp³-hybridized carbons (Fsp3) is 0.579. The first-order valence-corrected chi connectivity index (χ1v) is 8.63. The van der Waals surface area contributed by atoms with Gasteiger partial charge in [-0.15, -0.1) is 0 Å². The highest BCUT2D eigenvalue weighted by Gasteiger charge is 2.46. The highest BCUT2D eigenvalue weighted by molar-refractivity contribution is 6.01. The number of aryl methyl sites for hydroxylation is 2. The Balaban J connectivity index is 2.34. The minimum absolute atomic E-state index is 0.156. The summed E-state index contributed by atoms with van der Waals surface area (Å²) >= 11 is 0. The zero-order chi connectivity index (χ0) is 17.9. The minimum atomic E-state index is -1.11. The molecule has 2 rings (SSSR count). The van der Waals surface area contributed by atoms with Crippen LogP contribution in [0.5, 0.6) is 0 Å². The van der Waals surface area contributed by atoms with E-state index < -0.39 is 17.6 Å². The molecule has 1 aliphatic carbocycles. The number of rotatable bonds is 4. The Bertz CT molecular complexity index is 599. The minimum Gasteiger partial charge on any atom is -0.384 e. The first kappa shape index (κ1) is 18.5. The monoisotopic (exact) mass is 332 g/mol. The average Bonchev–Trinajstić information content (AvgIpc) is 2.57. The van der Waals surface area contributed by atoms with Crippen LogP contribution in [0.2, 0.25) is 0 Å². The van der Waals surface area contributed by atoms with Gasteiger partial charge >= 0.3 is 0 Å². The number of carbonyl (C=O) groups is 2. The molecule has 1 saturated carbocycles. The zero-order valence-corrected chi connectivity index (χ0v) is 15.1. The fourth-order valence-corrected chi connectivity index (χ4v) is 3.58. The molecule has 5 heteroatoms. The quantitative estimate of drug-likeness (QED) is 0.891. The number of hydrogen-bond acceptors (Lipinski definition) is 3. The Morgan fingerprint density at radius 1 is 1.17 bits per heavy atom. The van der Waals surface area contributed by atoms with Gasteiger partial charge in [0.05, 0.1) is 0 Å². The highest BCUT2D eigenvalue weighted by Crippen LogP contribution is 2.35. The van der Waals surface area contributed by atoms with Gasteiger partial charge in [0.25, 0.3) is 5.91 Å². The molecule has 1 aromatic rings. The molecule has 0 saturated heterocycles. The van der Waals surface area contributed by atoms with Crippen LogP contribution in [0.25, 0.3) is 0 Å². The highest BCUT2D eigenvalue weighted by atomic mass is 16.3. The van der Waals surface area contributed by atoms with Crippen molar-refractivity contribution in [2.24, 2.45) is 0 Å². The van der Waals surface area contributed by atoms with E-state index in [-0.39, 0.29) is 5.91 Å². The number of aliphatic hydroxyl groups excluding tert-OH is 1. The summed E-state index contributed by atoms with van der Waals surface area (Å²) in [5, 5.41) is 12.7. The Morgan fingerprint density at radius 2 is 1.71 bits per heavy atom. The van der Waals surface area contributed by atoms with E-state index in [9.17, 15) is 14.7 Å². The summed E-state index contributed by atoms with van der Waals surface area (Å²) in [6, 6.07) is 5.88. The fourth-order valence-electron chi connectivity index (χ4n) is 3.58. The molecule has 132 valence electrons. The van der Waals surface area contributed by atoms with E-state index in [1.807, 2.05) is 32.0 Å². The van der Waals surface area contributed by atoms with Crippen LogP contribution in [0.15, 0.2) is 18.2 Å². The number of anilines is 1. The van der Waals surface area contributed by atoms with Crippen molar-refractivity contribution in [3.8, 4) is 0 Å². The molecular formula is C19H28N2O3. The lowest BCUT2D eigenvalue weighted by Crippen LogP contribution is -2.60. The van der Waals surface area contributed by atoms with Gasteiger partial charge in [0.2, 0.25) is 5.91 Å². The molecule has 1 unspecified atom stereocenters. The second-order valence-corrected chi connectivity index (χ2v) is 6.89. The van der Waals surface area contributed by atoms with Gasteiger partial charge in [-0.2, -0.15) is 0 Å². The van der Waals surface area contributed by atoms with Gasteiger partial charge in [0.15, 0.2) is 0 Å². The van der Waals surface area contributed by atoms with Gasteiger partial charge in [-0.05, 0) is 44.7 Å². The summed E-state index contributed by atoms with van der Waals surface area (Å²) in [5.74, 6) is -0.565. The molecule has 2 amide bonds. The van der Waals surface area contributed by atoms with E-state index in [1.54, 1.807) is 7.05 Å². The van der Waals surface area contributed by atoms with Gasteiger partial charge < -0.3 is 15.3 Å². The molecule has 1 fully saturated rings. The Kier molecular flexibility index (Phi) is 5.65. The molecule has 0 spiro atoms. The Hall–Kier alpha value is -1.88. The number of carbonyl (C=O) groups excluding carboxylic acids is 2. The molecule has 2 N–H and O–H groups in total. The molecule has 0 bridgehead atoms. The van der Waals surface area contributed by atoms with Crippen LogP contribution in [0.3, 0.4) is 0 Å². The molecule has 0 aromatic heterocycles. The van der Waals surface area contributed by atoms with Crippen LogP contribution in [0, 0.1) is 13.8 Å². The molecule has 1 aromatic carbocycles. The van der Waals surface area contributed by atoms with Gasteiger partial charge in [0.1, 0.15) is 11.6 Å². The maximum atomic E-state index is 13.2. The van der Waals surface area contributed by atoms with Crippen molar-refractivity contribution in [3.05, 3.63) is 29.3 Å². The first-order chi connectivity index (χ1) is 11.3. The summed E-state index contributed by atoms with van der Waals surface area (Å²) in [4.78, 5) is 27.0. The summed E-state index contributed by atoms with van der Waals surface area (Å²) in [6.45, 7) is 5.36. The predicted molar refractivity (Wildman–Crippen MR) is 94.8 cm³/mol. The van der Waals surface area contributed by atoms with Crippen molar-refractivity contribution in [2.45, 2.75) is 64.5 Å². The van der Waals surface area contributed by atoms with Crippen molar-refractivity contribution in [1.29, 1.82) is 0 Å². The molecule has 5 nitrogen and oxygen atoms in total. The van der Waals surface area contributed by atoms with Gasteiger partial charge in [0, 0.05) is 12.7 Å². The number of benzene rings is 1. The van der Waals surface area contributed by atoms with Crippen LogP contribution in [-0.4, -0.2) is 40.5 Å². The lowest BCUT2D eigenvalue weighted by Gasteiger charge is -2.43. The molecule has 0 aliphatic heterocycles.